The van der Waals surface area contributed by atoms with E-state index in [0.717, 1.165) is 17.0 Å². The Balaban J connectivity index is 1.82. The fraction of sp³-hybridized carbons (Fsp3) is 0.267. The Kier molecular flexibility index (Phi) is 2.81. The lowest BCUT2D eigenvalue weighted by atomic mass is 9.80. The fourth-order valence-corrected chi connectivity index (χ4v) is 2.84. The smallest absolute Gasteiger partial charge is 0.193 e. The first-order valence-corrected chi connectivity index (χ1v) is 6.96. The molecule has 3 rings (SSSR count). The van der Waals surface area contributed by atoms with Crippen LogP contribution in [0.2, 0.25) is 0 Å². The van der Waals surface area contributed by atoms with Gasteiger partial charge in [0.1, 0.15) is 0 Å². The summed E-state index contributed by atoms with van der Waals surface area (Å²) in [5.74, 6) is 0.867. The van der Waals surface area contributed by atoms with E-state index in [-0.39, 0.29) is 5.78 Å². The summed E-state index contributed by atoms with van der Waals surface area (Å²) in [7, 11) is 0. The predicted molar refractivity (Wildman–Crippen MR) is 70.8 cm³/mol. The third-order valence-corrected chi connectivity index (χ3v) is 4.22. The van der Waals surface area contributed by atoms with E-state index >= 15 is 0 Å². The maximum atomic E-state index is 12.1. The highest BCUT2D eigenvalue weighted by Crippen LogP contribution is 2.36. The summed E-state index contributed by atoms with van der Waals surface area (Å²) in [5, 5.41) is 3.85. The lowest BCUT2D eigenvalue weighted by Gasteiger charge is -2.25. The second kappa shape index (κ2) is 4.46. The summed E-state index contributed by atoms with van der Waals surface area (Å²) < 4.78 is 0. The summed E-state index contributed by atoms with van der Waals surface area (Å²) >= 11 is 1.56. The minimum absolute atomic E-state index is 0.131. The molecule has 1 aliphatic rings. The van der Waals surface area contributed by atoms with Crippen LogP contribution in [0.1, 0.15) is 46.7 Å². The second-order valence-electron chi connectivity index (χ2n) is 4.59. The van der Waals surface area contributed by atoms with Crippen molar-refractivity contribution in [3.05, 3.63) is 57.8 Å². The molecule has 1 nitrogen and oxygen atoms in total. The van der Waals surface area contributed by atoms with E-state index in [1.165, 1.54) is 24.8 Å². The quantitative estimate of drug-likeness (QED) is 0.735. The molecule has 0 atom stereocenters. The Bertz CT molecular complexity index is 506. The van der Waals surface area contributed by atoms with Gasteiger partial charge >= 0.3 is 0 Å². The maximum Gasteiger partial charge on any atom is 0.193 e. The molecule has 0 N–H and O–H groups in total. The zero-order valence-corrected chi connectivity index (χ0v) is 10.4. The van der Waals surface area contributed by atoms with E-state index in [0.29, 0.717) is 0 Å². The summed E-state index contributed by atoms with van der Waals surface area (Å²) in [6.45, 7) is 0. The molecule has 86 valence electrons. The van der Waals surface area contributed by atoms with Crippen molar-refractivity contribution in [1.82, 2.24) is 0 Å². The van der Waals surface area contributed by atoms with Crippen LogP contribution in [-0.2, 0) is 0 Å². The molecule has 0 spiro atoms. The molecule has 1 aromatic heterocycles. The van der Waals surface area contributed by atoms with E-state index in [9.17, 15) is 4.79 Å². The number of rotatable bonds is 3. The number of benzene rings is 1. The van der Waals surface area contributed by atoms with Gasteiger partial charge in [-0.05, 0) is 35.8 Å². The molecule has 0 radical (unpaired) electrons. The van der Waals surface area contributed by atoms with Crippen LogP contribution in [0.5, 0.6) is 0 Å². The van der Waals surface area contributed by atoms with Crippen molar-refractivity contribution in [3.63, 3.8) is 0 Å². The summed E-state index contributed by atoms with van der Waals surface area (Å²) in [6, 6.07) is 10.0. The average molecular weight is 242 g/mol. The van der Waals surface area contributed by atoms with E-state index < -0.39 is 0 Å². The van der Waals surface area contributed by atoms with Crippen molar-refractivity contribution in [2.24, 2.45) is 0 Å². The molecule has 2 heteroatoms. The van der Waals surface area contributed by atoms with Crippen molar-refractivity contribution in [2.75, 3.05) is 0 Å². The minimum Gasteiger partial charge on any atom is -0.289 e. The molecule has 1 aliphatic carbocycles. The molecule has 1 fully saturated rings. The van der Waals surface area contributed by atoms with Crippen LogP contribution in [0.3, 0.4) is 0 Å². The maximum absolute atomic E-state index is 12.1. The topological polar surface area (TPSA) is 17.1 Å². The van der Waals surface area contributed by atoms with E-state index in [4.69, 9.17) is 0 Å². The van der Waals surface area contributed by atoms with Crippen LogP contribution in [0.4, 0.5) is 0 Å². The third kappa shape index (κ3) is 2.05. The van der Waals surface area contributed by atoms with Gasteiger partial charge < -0.3 is 0 Å². The molecule has 0 amide bonds. The molecule has 0 unspecified atom stereocenters. The standard InChI is InChI=1S/C15H14OS/c16-15(14-8-9-17-10-14)13-6-4-12(5-7-13)11-2-1-3-11/h4-11H,1-3H2. The van der Waals surface area contributed by atoms with Crippen LogP contribution < -0.4 is 0 Å². The Labute approximate surface area is 105 Å². The first kappa shape index (κ1) is 10.7. The van der Waals surface area contributed by atoms with E-state index in [1.807, 2.05) is 29.0 Å². The van der Waals surface area contributed by atoms with Crippen LogP contribution in [0.15, 0.2) is 41.1 Å². The van der Waals surface area contributed by atoms with Crippen molar-refractivity contribution >= 4 is 17.1 Å². The van der Waals surface area contributed by atoms with Gasteiger partial charge in [-0.2, -0.15) is 11.3 Å². The van der Waals surface area contributed by atoms with Crippen LogP contribution in [0, 0.1) is 0 Å². The van der Waals surface area contributed by atoms with Crippen molar-refractivity contribution < 1.29 is 4.79 Å². The van der Waals surface area contributed by atoms with E-state index in [2.05, 4.69) is 12.1 Å². The zero-order valence-electron chi connectivity index (χ0n) is 9.56. The Morgan fingerprint density at radius 3 is 2.35 bits per heavy atom. The first-order chi connectivity index (χ1) is 8.34. The van der Waals surface area contributed by atoms with Gasteiger partial charge in [0.05, 0.1) is 0 Å². The van der Waals surface area contributed by atoms with Crippen molar-refractivity contribution in [3.8, 4) is 0 Å². The Morgan fingerprint density at radius 2 is 1.82 bits per heavy atom. The summed E-state index contributed by atoms with van der Waals surface area (Å²) in [4.78, 5) is 12.1. The second-order valence-corrected chi connectivity index (χ2v) is 5.37. The molecular weight excluding hydrogens is 228 g/mol. The van der Waals surface area contributed by atoms with Gasteiger partial charge in [-0.3, -0.25) is 4.79 Å². The highest BCUT2D eigenvalue weighted by molar-refractivity contribution is 7.08. The number of hydrogen-bond acceptors (Lipinski definition) is 2. The van der Waals surface area contributed by atoms with Gasteiger partial charge in [0, 0.05) is 16.5 Å². The highest BCUT2D eigenvalue weighted by atomic mass is 32.1. The van der Waals surface area contributed by atoms with Crippen molar-refractivity contribution in [2.45, 2.75) is 25.2 Å². The molecule has 0 bridgehead atoms. The number of carbonyl (C=O) groups excluding carboxylic acids is 1. The van der Waals surface area contributed by atoms with Gasteiger partial charge in [-0.15, -0.1) is 0 Å². The predicted octanol–water partition coefficient (Wildman–Crippen LogP) is 4.25. The molecule has 1 aromatic carbocycles. The molecule has 1 heterocycles. The van der Waals surface area contributed by atoms with Crippen LogP contribution in [0.25, 0.3) is 0 Å². The van der Waals surface area contributed by atoms with Gasteiger partial charge in [0.25, 0.3) is 0 Å². The zero-order chi connectivity index (χ0) is 11.7. The van der Waals surface area contributed by atoms with Gasteiger partial charge in [-0.1, -0.05) is 30.7 Å². The van der Waals surface area contributed by atoms with Crippen LogP contribution >= 0.6 is 11.3 Å². The number of hydrogen-bond donors (Lipinski definition) is 0. The average Bonchev–Trinajstić information content (AvgIpc) is 2.80. The largest absolute Gasteiger partial charge is 0.289 e. The minimum atomic E-state index is 0.131. The summed E-state index contributed by atoms with van der Waals surface area (Å²) in [6.07, 6.45) is 3.95. The molecular formula is C15H14OS. The first-order valence-electron chi connectivity index (χ1n) is 6.01. The number of thiophene rings is 1. The van der Waals surface area contributed by atoms with Crippen molar-refractivity contribution in [1.29, 1.82) is 0 Å². The third-order valence-electron chi connectivity index (χ3n) is 3.53. The Hall–Kier alpha value is -1.41. The van der Waals surface area contributed by atoms with Gasteiger partial charge in [-0.25, -0.2) is 0 Å². The molecule has 0 aliphatic heterocycles. The highest BCUT2D eigenvalue weighted by Gasteiger charge is 2.19. The Morgan fingerprint density at radius 1 is 1.06 bits per heavy atom. The van der Waals surface area contributed by atoms with E-state index in [1.54, 1.807) is 11.3 Å². The lowest BCUT2D eigenvalue weighted by Crippen LogP contribution is -2.09. The monoisotopic (exact) mass is 242 g/mol. The normalized spacial score (nSPS) is 15.5. The molecule has 17 heavy (non-hydrogen) atoms. The van der Waals surface area contributed by atoms with Gasteiger partial charge in [0.2, 0.25) is 0 Å². The fourth-order valence-electron chi connectivity index (χ4n) is 2.21. The molecule has 2 aromatic rings. The number of carbonyl (C=O) groups is 1. The van der Waals surface area contributed by atoms with Crippen LogP contribution in [-0.4, -0.2) is 5.78 Å². The lowest BCUT2D eigenvalue weighted by molar-refractivity contribution is 0.103. The molecule has 1 saturated carbocycles. The SMILES string of the molecule is O=C(c1ccc(C2CCC2)cc1)c1ccsc1. The van der Waals surface area contributed by atoms with Gasteiger partial charge in [0.15, 0.2) is 5.78 Å². The number of ketones is 1. The summed E-state index contributed by atoms with van der Waals surface area (Å²) in [5.41, 5.74) is 2.98. The molecule has 0 saturated heterocycles.